The molecule has 1 aliphatic heterocycles. The highest BCUT2D eigenvalue weighted by atomic mass is 35.5. The molecule has 0 aromatic heterocycles. The molecule has 0 aliphatic carbocycles. The molecule has 5 nitrogen and oxygen atoms in total. The van der Waals surface area contributed by atoms with Crippen molar-refractivity contribution in [2.45, 2.75) is 19.9 Å². The van der Waals surface area contributed by atoms with Gasteiger partial charge < -0.3 is 20.1 Å². The van der Waals surface area contributed by atoms with E-state index < -0.39 is 12.0 Å². The quantitative estimate of drug-likeness (QED) is 0.649. The average Bonchev–Trinajstić information content (AvgIpc) is 2.46. The number of allylic oxidation sites excluding steroid dienone is 1. The molecule has 0 saturated carbocycles. The number of benzene rings is 1. The van der Waals surface area contributed by atoms with E-state index in [0.29, 0.717) is 33.8 Å². The van der Waals surface area contributed by atoms with Crippen LogP contribution in [0.5, 0.6) is 5.75 Å². The molecule has 1 aliphatic rings. The number of hydrogen-bond donors (Lipinski definition) is 2. The Kier molecular flexibility index (Phi) is 5.26. The minimum atomic E-state index is -0.485. The number of thiocarbonyl (C=S) groups is 1. The minimum absolute atomic E-state index is 0.291. The van der Waals surface area contributed by atoms with Crippen molar-refractivity contribution in [2.75, 3.05) is 13.7 Å². The van der Waals surface area contributed by atoms with Crippen molar-refractivity contribution in [3.8, 4) is 5.75 Å². The van der Waals surface area contributed by atoms with Crippen molar-refractivity contribution in [3.63, 3.8) is 0 Å². The fourth-order valence-electron chi connectivity index (χ4n) is 2.34. The predicted octanol–water partition coefficient (Wildman–Crippen LogP) is 2.70. The molecule has 2 N–H and O–H groups in total. The lowest BCUT2D eigenvalue weighted by Gasteiger charge is -2.30. The number of halogens is 1. The van der Waals surface area contributed by atoms with Gasteiger partial charge in [0.05, 0.1) is 25.3 Å². The van der Waals surface area contributed by atoms with E-state index in [1.807, 2.05) is 0 Å². The standard InChI is InChI=1S/C15H17ClN2O3S/c1-4-21-14(19)12-8(2)17-15(22)18-13(12)10-7-9(16)5-6-11(10)20-3/h5-7,13H,4H2,1-3H3,(H2,17,18,22)/t13-/m1/s1. The Bertz CT molecular complexity index is 646. The van der Waals surface area contributed by atoms with Gasteiger partial charge in [0.25, 0.3) is 0 Å². The molecule has 1 heterocycles. The summed E-state index contributed by atoms with van der Waals surface area (Å²) in [4.78, 5) is 12.3. The number of nitrogens with one attached hydrogen (secondary N) is 2. The maximum Gasteiger partial charge on any atom is 0.338 e. The van der Waals surface area contributed by atoms with Crippen LogP contribution in [0.25, 0.3) is 0 Å². The summed E-state index contributed by atoms with van der Waals surface area (Å²) in [5.41, 5.74) is 1.83. The van der Waals surface area contributed by atoms with E-state index in [1.54, 1.807) is 39.2 Å². The van der Waals surface area contributed by atoms with E-state index in [1.165, 1.54) is 0 Å². The Hall–Kier alpha value is -1.79. The highest BCUT2D eigenvalue weighted by Gasteiger charge is 2.32. The number of ether oxygens (including phenoxy) is 2. The first-order valence-corrected chi connectivity index (χ1v) is 7.55. The normalized spacial score (nSPS) is 17.6. The van der Waals surface area contributed by atoms with Gasteiger partial charge in [0, 0.05) is 16.3 Å². The minimum Gasteiger partial charge on any atom is -0.496 e. The first-order valence-electron chi connectivity index (χ1n) is 6.76. The molecule has 0 unspecified atom stereocenters. The second-order valence-electron chi connectivity index (χ2n) is 4.68. The highest BCUT2D eigenvalue weighted by Crippen LogP contribution is 2.35. The molecule has 0 amide bonds. The summed E-state index contributed by atoms with van der Waals surface area (Å²) in [6, 6.07) is 4.74. The summed E-state index contributed by atoms with van der Waals surface area (Å²) in [7, 11) is 1.56. The van der Waals surface area contributed by atoms with Crippen LogP contribution in [0, 0.1) is 0 Å². The monoisotopic (exact) mass is 340 g/mol. The van der Waals surface area contributed by atoms with E-state index in [2.05, 4.69) is 10.6 Å². The Balaban J connectivity index is 2.55. The third-order valence-electron chi connectivity index (χ3n) is 3.27. The van der Waals surface area contributed by atoms with E-state index >= 15 is 0 Å². The second kappa shape index (κ2) is 6.98. The maximum absolute atomic E-state index is 12.3. The van der Waals surface area contributed by atoms with Crippen molar-refractivity contribution in [1.29, 1.82) is 0 Å². The summed E-state index contributed by atoms with van der Waals surface area (Å²) < 4.78 is 10.5. The Labute approximate surface area is 139 Å². The van der Waals surface area contributed by atoms with Crippen molar-refractivity contribution < 1.29 is 14.3 Å². The van der Waals surface area contributed by atoms with Gasteiger partial charge in [-0.15, -0.1) is 0 Å². The van der Waals surface area contributed by atoms with Crippen molar-refractivity contribution in [2.24, 2.45) is 0 Å². The van der Waals surface area contributed by atoms with Crippen LogP contribution in [0.4, 0.5) is 0 Å². The summed E-state index contributed by atoms with van der Waals surface area (Å²) >= 11 is 11.3. The van der Waals surface area contributed by atoms with Gasteiger partial charge in [-0.3, -0.25) is 0 Å². The van der Waals surface area contributed by atoms with Gasteiger partial charge in [0.15, 0.2) is 5.11 Å². The molecule has 118 valence electrons. The second-order valence-corrected chi connectivity index (χ2v) is 5.52. The molecule has 1 aromatic rings. The molecule has 0 fully saturated rings. The molecule has 0 spiro atoms. The van der Waals surface area contributed by atoms with Gasteiger partial charge in [0.1, 0.15) is 5.75 Å². The topological polar surface area (TPSA) is 59.6 Å². The summed E-state index contributed by atoms with van der Waals surface area (Å²) in [6.07, 6.45) is 0. The lowest BCUT2D eigenvalue weighted by atomic mass is 9.95. The Morgan fingerprint density at radius 1 is 1.45 bits per heavy atom. The van der Waals surface area contributed by atoms with Crippen LogP contribution >= 0.6 is 23.8 Å². The molecule has 22 heavy (non-hydrogen) atoms. The molecule has 0 radical (unpaired) electrons. The zero-order valence-electron chi connectivity index (χ0n) is 12.5. The molecular weight excluding hydrogens is 324 g/mol. The average molecular weight is 341 g/mol. The van der Waals surface area contributed by atoms with Crippen LogP contribution in [-0.4, -0.2) is 24.8 Å². The molecule has 1 aromatic carbocycles. The number of carbonyl (C=O) groups is 1. The van der Waals surface area contributed by atoms with Crippen LogP contribution in [0.15, 0.2) is 29.5 Å². The van der Waals surface area contributed by atoms with Crippen molar-refractivity contribution >= 4 is 34.9 Å². The van der Waals surface area contributed by atoms with E-state index in [4.69, 9.17) is 33.3 Å². The lowest BCUT2D eigenvalue weighted by molar-refractivity contribution is -0.139. The number of methoxy groups -OCH3 is 1. The van der Waals surface area contributed by atoms with Gasteiger partial charge in [-0.05, 0) is 44.3 Å². The van der Waals surface area contributed by atoms with Crippen LogP contribution in [-0.2, 0) is 9.53 Å². The SMILES string of the molecule is CCOC(=O)C1=C(C)NC(=S)N[C@@H]1c1cc(Cl)ccc1OC. The third kappa shape index (κ3) is 3.34. The number of rotatable bonds is 4. The summed E-state index contributed by atoms with van der Waals surface area (Å²) in [5.74, 6) is 0.204. The number of hydrogen-bond acceptors (Lipinski definition) is 4. The lowest BCUT2D eigenvalue weighted by Crippen LogP contribution is -2.45. The van der Waals surface area contributed by atoms with Gasteiger partial charge >= 0.3 is 5.97 Å². The number of esters is 1. The molecular formula is C15H17ClN2O3S. The maximum atomic E-state index is 12.3. The zero-order valence-corrected chi connectivity index (χ0v) is 14.1. The van der Waals surface area contributed by atoms with E-state index in [-0.39, 0.29) is 0 Å². The first kappa shape index (κ1) is 16.6. The van der Waals surface area contributed by atoms with Crippen LogP contribution in [0.2, 0.25) is 5.02 Å². The number of carbonyl (C=O) groups excluding carboxylic acids is 1. The van der Waals surface area contributed by atoms with Crippen LogP contribution in [0.3, 0.4) is 0 Å². The smallest absolute Gasteiger partial charge is 0.338 e. The molecule has 7 heteroatoms. The van der Waals surface area contributed by atoms with Crippen LogP contribution in [0.1, 0.15) is 25.5 Å². The van der Waals surface area contributed by atoms with Gasteiger partial charge in [0.2, 0.25) is 0 Å². The first-order chi connectivity index (χ1) is 10.5. The fraction of sp³-hybridized carbons (Fsp3) is 0.333. The Morgan fingerprint density at radius 3 is 2.82 bits per heavy atom. The van der Waals surface area contributed by atoms with Gasteiger partial charge in [-0.1, -0.05) is 11.6 Å². The zero-order chi connectivity index (χ0) is 16.3. The third-order valence-corrected chi connectivity index (χ3v) is 3.72. The van der Waals surface area contributed by atoms with Gasteiger partial charge in [-0.25, -0.2) is 4.79 Å². The Morgan fingerprint density at radius 2 is 2.18 bits per heavy atom. The van der Waals surface area contributed by atoms with E-state index in [9.17, 15) is 4.79 Å². The largest absolute Gasteiger partial charge is 0.496 e. The molecule has 2 rings (SSSR count). The predicted molar refractivity (Wildman–Crippen MR) is 88.9 cm³/mol. The molecule has 1 atom stereocenters. The molecule has 0 bridgehead atoms. The molecule has 0 saturated heterocycles. The van der Waals surface area contributed by atoms with E-state index in [0.717, 1.165) is 5.56 Å². The van der Waals surface area contributed by atoms with Crippen molar-refractivity contribution in [3.05, 3.63) is 40.1 Å². The van der Waals surface area contributed by atoms with Crippen LogP contribution < -0.4 is 15.4 Å². The summed E-state index contributed by atoms with van der Waals surface area (Å²) in [6.45, 7) is 3.83. The fourth-order valence-corrected chi connectivity index (χ4v) is 2.79. The van der Waals surface area contributed by atoms with Gasteiger partial charge in [-0.2, -0.15) is 0 Å². The highest BCUT2D eigenvalue weighted by molar-refractivity contribution is 7.80. The van der Waals surface area contributed by atoms with Crippen molar-refractivity contribution in [1.82, 2.24) is 10.6 Å². The summed E-state index contributed by atoms with van der Waals surface area (Å²) in [5, 5.41) is 7.00.